The molecule has 0 radical (unpaired) electrons. The number of rotatable bonds is 11. The largest absolute Gasteiger partial charge is 0.491 e. The number of ether oxygens (including phenoxy) is 2. The van der Waals surface area contributed by atoms with Gasteiger partial charge < -0.3 is 25.0 Å². The molecule has 0 spiro atoms. The maximum Gasteiger partial charge on any atom is 0.191 e. The fraction of sp³-hybridized carbons (Fsp3) is 0.696. The minimum atomic E-state index is 0. The number of hydrogen-bond acceptors (Lipinski definition) is 4. The van der Waals surface area contributed by atoms with Crippen LogP contribution in [0, 0.1) is 6.92 Å². The molecule has 1 aromatic rings. The predicted octanol–water partition coefficient (Wildman–Crippen LogP) is 3.96. The molecule has 1 fully saturated rings. The summed E-state index contributed by atoms with van der Waals surface area (Å²) in [6.45, 7) is 9.66. The van der Waals surface area contributed by atoms with Gasteiger partial charge in [0.05, 0.1) is 6.61 Å². The van der Waals surface area contributed by atoms with Crippen molar-refractivity contribution >= 4 is 29.9 Å². The highest BCUT2D eigenvalue weighted by atomic mass is 127. The van der Waals surface area contributed by atoms with E-state index in [1.54, 1.807) is 7.11 Å². The smallest absolute Gasteiger partial charge is 0.191 e. The second-order valence-electron chi connectivity index (χ2n) is 7.89. The molecule has 1 unspecified atom stereocenters. The van der Waals surface area contributed by atoms with Crippen LogP contribution in [-0.4, -0.2) is 63.9 Å². The molecule has 0 aromatic heterocycles. The lowest BCUT2D eigenvalue weighted by molar-refractivity contribution is 0.145. The van der Waals surface area contributed by atoms with Crippen LogP contribution in [0.2, 0.25) is 0 Å². The number of aliphatic imine (C=N–C) groups is 1. The third kappa shape index (κ3) is 9.83. The Hall–Kier alpha value is -1.06. The number of guanidine groups is 1. The molecule has 2 rings (SSSR count). The molecule has 172 valence electrons. The summed E-state index contributed by atoms with van der Waals surface area (Å²) in [6, 6.07) is 7.04. The molecule has 2 N–H and O–H groups in total. The van der Waals surface area contributed by atoms with Crippen molar-refractivity contribution in [2.24, 2.45) is 4.99 Å². The zero-order valence-electron chi connectivity index (χ0n) is 19.2. The van der Waals surface area contributed by atoms with Crippen LogP contribution in [0.4, 0.5) is 0 Å². The molecule has 1 heterocycles. The lowest BCUT2D eigenvalue weighted by atomic mass is 10.0. The summed E-state index contributed by atoms with van der Waals surface area (Å²) in [5.41, 5.74) is 2.31. The van der Waals surface area contributed by atoms with Crippen molar-refractivity contribution in [1.82, 2.24) is 15.5 Å². The molecule has 0 saturated carbocycles. The quantitative estimate of drug-likeness (QED) is 0.196. The van der Waals surface area contributed by atoms with Gasteiger partial charge in [-0.3, -0.25) is 4.99 Å². The van der Waals surface area contributed by atoms with Gasteiger partial charge in [-0.2, -0.15) is 0 Å². The highest BCUT2D eigenvalue weighted by Gasteiger charge is 2.17. The number of unbranched alkanes of at least 4 members (excludes halogenated alkanes) is 1. The second-order valence-corrected chi connectivity index (χ2v) is 7.89. The molecule has 1 atom stereocenters. The van der Waals surface area contributed by atoms with Gasteiger partial charge in [-0.1, -0.05) is 18.6 Å². The van der Waals surface area contributed by atoms with Crippen LogP contribution in [0.1, 0.15) is 50.2 Å². The van der Waals surface area contributed by atoms with Crippen molar-refractivity contribution in [1.29, 1.82) is 0 Å². The van der Waals surface area contributed by atoms with E-state index < -0.39 is 0 Å². The Labute approximate surface area is 200 Å². The van der Waals surface area contributed by atoms with E-state index in [9.17, 15) is 0 Å². The first-order valence-electron chi connectivity index (χ1n) is 11.0. The molecule has 0 aliphatic carbocycles. The van der Waals surface area contributed by atoms with E-state index in [1.807, 2.05) is 7.05 Å². The molecule has 7 heteroatoms. The Morgan fingerprint density at radius 3 is 2.77 bits per heavy atom. The summed E-state index contributed by atoms with van der Waals surface area (Å²) >= 11 is 0. The first-order chi connectivity index (χ1) is 14.1. The first-order valence-corrected chi connectivity index (χ1v) is 11.0. The average Bonchev–Trinajstić information content (AvgIpc) is 2.72. The van der Waals surface area contributed by atoms with Crippen LogP contribution in [-0.2, 0) is 11.3 Å². The van der Waals surface area contributed by atoms with Crippen LogP contribution < -0.4 is 15.4 Å². The van der Waals surface area contributed by atoms with E-state index >= 15 is 0 Å². The zero-order chi connectivity index (χ0) is 20.9. The van der Waals surface area contributed by atoms with E-state index in [0.29, 0.717) is 19.8 Å². The van der Waals surface area contributed by atoms with E-state index in [2.05, 4.69) is 52.6 Å². The maximum atomic E-state index is 5.87. The molecule has 1 aromatic carbocycles. The maximum absolute atomic E-state index is 5.87. The summed E-state index contributed by atoms with van der Waals surface area (Å²) in [5, 5.41) is 6.83. The number of piperidine rings is 1. The Kier molecular flexibility index (Phi) is 14.1. The average molecular weight is 533 g/mol. The van der Waals surface area contributed by atoms with Gasteiger partial charge in [0.15, 0.2) is 5.96 Å². The number of methoxy groups -OCH3 is 1. The van der Waals surface area contributed by atoms with Gasteiger partial charge in [0.2, 0.25) is 0 Å². The van der Waals surface area contributed by atoms with E-state index in [1.165, 1.54) is 44.3 Å². The SMILES string of the molecule is CN=C(NCCCCN1CCCCC1C)NCc1ccc(C)cc1OCCOC.I. The highest BCUT2D eigenvalue weighted by molar-refractivity contribution is 14.0. The molecular weight excluding hydrogens is 491 g/mol. The van der Waals surface area contributed by atoms with Gasteiger partial charge in [0.1, 0.15) is 12.4 Å². The number of nitrogens with zero attached hydrogens (tertiary/aromatic N) is 2. The van der Waals surface area contributed by atoms with Gasteiger partial charge in [-0.05, 0) is 64.3 Å². The number of benzene rings is 1. The normalized spacial score (nSPS) is 17.3. The Balaban J connectivity index is 0.00000450. The van der Waals surface area contributed by atoms with Gasteiger partial charge in [-0.25, -0.2) is 0 Å². The lowest BCUT2D eigenvalue weighted by Crippen LogP contribution is -2.39. The zero-order valence-corrected chi connectivity index (χ0v) is 21.5. The van der Waals surface area contributed by atoms with E-state index in [0.717, 1.165) is 36.3 Å². The van der Waals surface area contributed by atoms with Crippen molar-refractivity contribution in [2.75, 3.05) is 47.0 Å². The number of hydrogen-bond donors (Lipinski definition) is 2. The lowest BCUT2D eigenvalue weighted by Gasteiger charge is -2.33. The van der Waals surface area contributed by atoms with Crippen LogP contribution in [0.5, 0.6) is 5.75 Å². The third-order valence-corrected chi connectivity index (χ3v) is 5.54. The van der Waals surface area contributed by atoms with E-state index in [-0.39, 0.29) is 24.0 Å². The molecule has 1 saturated heterocycles. The molecule has 0 bridgehead atoms. The van der Waals surface area contributed by atoms with Crippen molar-refractivity contribution < 1.29 is 9.47 Å². The van der Waals surface area contributed by atoms with Crippen molar-refractivity contribution in [3.63, 3.8) is 0 Å². The minimum Gasteiger partial charge on any atom is -0.491 e. The fourth-order valence-electron chi connectivity index (χ4n) is 3.71. The Morgan fingerprint density at radius 2 is 2.03 bits per heavy atom. The highest BCUT2D eigenvalue weighted by Crippen LogP contribution is 2.20. The van der Waals surface area contributed by atoms with Gasteiger partial charge >= 0.3 is 0 Å². The standard InChI is InChI=1S/C23H40N4O2.HI/c1-19-10-11-21(22(17-19)29-16-15-28-4)18-26-23(24-3)25-12-6-8-14-27-13-7-5-9-20(27)2;/h10-11,17,20H,5-9,12-16,18H2,1-4H3,(H2,24,25,26);1H. The number of likely N-dealkylation sites (tertiary alicyclic amines) is 1. The van der Waals surface area contributed by atoms with Gasteiger partial charge in [0, 0.05) is 38.9 Å². The summed E-state index contributed by atoms with van der Waals surface area (Å²) in [5.74, 6) is 1.74. The Bertz CT molecular complexity index is 627. The summed E-state index contributed by atoms with van der Waals surface area (Å²) in [6.07, 6.45) is 6.48. The summed E-state index contributed by atoms with van der Waals surface area (Å²) < 4.78 is 11.0. The number of nitrogens with one attached hydrogen (secondary N) is 2. The third-order valence-electron chi connectivity index (χ3n) is 5.54. The molecule has 6 nitrogen and oxygen atoms in total. The topological polar surface area (TPSA) is 58.1 Å². The summed E-state index contributed by atoms with van der Waals surface area (Å²) in [7, 11) is 3.50. The Morgan fingerprint density at radius 1 is 1.20 bits per heavy atom. The molecule has 30 heavy (non-hydrogen) atoms. The minimum absolute atomic E-state index is 0. The monoisotopic (exact) mass is 532 g/mol. The molecular formula is C23H41IN4O2. The van der Waals surface area contributed by atoms with Crippen molar-refractivity contribution in [3.8, 4) is 5.75 Å². The van der Waals surface area contributed by atoms with Gasteiger partial charge in [-0.15, -0.1) is 24.0 Å². The van der Waals surface area contributed by atoms with E-state index in [4.69, 9.17) is 9.47 Å². The first kappa shape index (κ1) is 27.0. The predicted molar refractivity (Wildman–Crippen MR) is 136 cm³/mol. The number of aryl methyl sites for hydroxylation is 1. The molecule has 1 aliphatic rings. The summed E-state index contributed by atoms with van der Waals surface area (Å²) in [4.78, 5) is 6.99. The fourth-order valence-corrected chi connectivity index (χ4v) is 3.71. The molecule has 0 amide bonds. The van der Waals surface area contributed by atoms with Crippen LogP contribution >= 0.6 is 24.0 Å². The van der Waals surface area contributed by atoms with Gasteiger partial charge in [0.25, 0.3) is 0 Å². The van der Waals surface area contributed by atoms with Crippen molar-refractivity contribution in [2.45, 2.75) is 58.5 Å². The number of halogens is 1. The van der Waals surface area contributed by atoms with Crippen molar-refractivity contribution in [3.05, 3.63) is 29.3 Å². The van der Waals surface area contributed by atoms with Crippen LogP contribution in [0.15, 0.2) is 23.2 Å². The van der Waals surface area contributed by atoms with Crippen LogP contribution in [0.3, 0.4) is 0 Å². The molecule has 1 aliphatic heterocycles. The van der Waals surface area contributed by atoms with Crippen LogP contribution in [0.25, 0.3) is 0 Å². The second kappa shape index (κ2) is 15.7.